The van der Waals surface area contributed by atoms with Crippen LogP contribution in [0.25, 0.3) is 0 Å². The third kappa shape index (κ3) is 1.58. The van der Waals surface area contributed by atoms with E-state index in [1.807, 2.05) is 0 Å². The summed E-state index contributed by atoms with van der Waals surface area (Å²) >= 11 is 0. The van der Waals surface area contributed by atoms with Crippen LogP contribution in [-0.4, -0.2) is 10.9 Å². The number of carbonyl (C=O) groups is 1. The van der Waals surface area contributed by atoms with E-state index in [4.69, 9.17) is 5.73 Å². The third-order valence-electron chi connectivity index (χ3n) is 1.01. The first-order valence-corrected chi connectivity index (χ1v) is 2.89. The molecule has 0 aliphatic rings. The minimum atomic E-state index is 0.0494. The zero-order valence-corrected chi connectivity index (χ0v) is 5.63. The molecule has 0 spiro atoms. The average molecular weight is 140 g/mol. The second kappa shape index (κ2) is 2.51. The van der Waals surface area contributed by atoms with Crippen LogP contribution in [0.15, 0.2) is 10.6 Å². The van der Waals surface area contributed by atoms with Gasteiger partial charge in [0.05, 0.1) is 12.1 Å². The van der Waals surface area contributed by atoms with Gasteiger partial charge in [-0.25, -0.2) is 0 Å². The van der Waals surface area contributed by atoms with Gasteiger partial charge in [0.15, 0.2) is 0 Å². The van der Waals surface area contributed by atoms with Gasteiger partial charge in [-0.3, -0.25) is 4.79 Å². The fraction of sp³-hybridized carbons (Fsp3) is 0.333. The van der Waals surface area contributed by atoms with E-state index in [-0.39, 0.29) is 11.7 Å². The lowest BCUT2D eigenvalue weighted by atomic mass is 10.2. The third-order valence-corrected chi connectivity index (χ3v) is 1.01. The van der Waals surface area contributed by atoms with Crippen LogP contribution in [0, 0.1) is 0 Å². The maximum atomic E-state index is 10.5. The molecule has 0 fully saturated rings. The van der Waals surface area contributed by atoms with Crippen LogP contribution in [0.1, 0.15) is 12.6 Å². The van der Waals surface area contributed by atoms with E-state index in [9.17, 15) is 4.79 Å². The molecular formula is C6H8N2O2. The van der Waals surface area contributed by atoms with Crippen LogP contribution in [0.2, 0.25) is 0 Å². The molecule has 1 heterocycles. The maximum absolute atomic E-state index is 10.5. The molecule has 54 valence electrons. The molecule has 0 atom stereocenters. The highest BCUT2D eigenvalue weighted by Gasteiger charge is 2.02. The van der Waals surface area contributed by atoms with Gasteiger partial charge in [-0.05, 0) is 6.92 Å². The van der Waals surface area contributed by atoms with E-state index in [1.165, 1.54) is 6.92 Å². The Morgan fingerprint density at radius 1 is 1.90 bits per heavy atom. The highest BCUT2D eigenvalue weighted by molar-refractivity contribution is 5.77. The van der Waals surface area contributed by atoms with Gasteiger partial charge in [0, 0.05) is 6.07 Å². The van der Waals surface area contributed by atoms with Crippen LogP contribution in [0.5, 0.6) is 0 Å². The molecule has 0 unspecified atom stereocenters. The highest BCUT2D eigenvalue weighted by atomic mass is 16.5. The van der Waals surface area contributed by atoms with Gasteiger partial charge in [-0.2, -0.15) is 0 Å². The molecule has 0 aromatic carbocycles. The summed E-state index contributed by atoms with van der Waals surface area (Å²) in [5.41, 5.74) is 5.80. The number of hydrogen-bond donors (Lipinski definition) is 1. The topological polar surface area (TPSA) is 69.1 Å². The standard InChI is InChI=1S/C6H8N2O2/c1-4(9)2-5-3-6(7)10-8-5/h3H,2,7H2,1H3. The molecule has 0 saturated heterocycles. The lowest BCUT2D eigenvalue weighted by molar-refractivity contribution is -0.116. The van der Waals surface area contributed by atoms with Crippen molar-refractivity contribution in [3.63, 3.8) is 0 Å². The van der Waals surface area contributed by atoms with Gasteiger partial charge in [-0.15, -0.1) is 0 Å². The fourth-order valence-corrected chi connectivity index (χ4v) is 0.667. The molecule has 10 heavy (non-hydrogen) atoms. The Morgan fingerprint density at radius 3 is 3.00 bits per heavy atom. The second-order valence-corrected chi connectivity index (χ2v) is 2.10. The molecule has 0 aliphatic heterocycles. The van der Waals surface area contributed by atoms with Crippen LogP contribution in [-0.2, 0) is 11.2 Å². The number of ketones is 1. The molecule has 1 rings (SSSR count). The Kier molecular flexibility index (Phi) is 1.71. The molecule has 4 heteroatoms. The Balaban J connectivity index is 2.67. The summed E-state index contributed by atoms with van der Waals surface area (Å²) in [6, 6.07) is 1.54. The fourth-order valence-electron chi connectivity index (χ4n) is 0.667. The highest BCUT2D eigenvalue weighted by Crippen LogP contribution is 2.04. The summed E-state index contributed by atoms with van der Waals surface area (Å²) in [5, 5.41) is 3.54. The van der Waals surface area contributed by atoms with Gasteiger partial charge < -0.3 is 10.3 Å². The van der Waals surface area contributed by atoms with Crippen molar-refractivity contribution in [1.82, 2.24) is 5.16 Å². The molecule has 4 nitrogen and oxygen atoms in total. The molecular weight excluding hydrogens is 132 g/mol. The van der Waals surface area contributed by atoms with Crippen molar-refractivity contribution in [2.75, 3.05) is 5.73 Å². The number of carbonyl (C=O) groups excluding carboxylic acids is 1. The normalized spacial score (nSPS) is 9.70. The minimum Gasteiger partial charge on any atom is -0.368 e. The summed E-state index contributed by atoms with van der Waals surface area (Å²) in [5.74, 6) is 0.296. The van der Waals surface area contributed by atoms with Crippen molar-refractivity contribution in [2.45, 2.75) is 13.3 Å². The van der Waals surface area contributed by atoms with Gasteiger partial charge in [0.1, 0.15) is 5.78 Å². The van der Waals surface area contributed by atoms with Gasteiger partial charge in [-0.1, -0.05) is 5.16 Å². The molecule has 0 amide bonds. The van der Waals surface area contributed by atoms with E-state index < -0.39 is 0 Å². The Bertz CT molecular complexity index is 242. The van der Waals surface area contributed by atoms with E-state index in [1.54, 1.807) is 6.07 Å². The Hall–Kier alpha value is -1.32. The van der Waals surface area contributed by atoms with Crippen LogP contribution >= 0.6 is 0 Å². The zero-order valence-electron chi connectivity index (χ0n) is 5.63. The molecule has 0 bridgehead atoms. The molecule has 0 aliphatic carbocycles. The van der Waals surface area contributed by atoms with Gasteiger partial charge >= 0.3 is 0 Å². The quantitative estimate of drug-likeness (QED) is 0.645. The van der Waals surface area contributed by atoms with Crippen LogP contribution in [0.4, 0.5) is 5.88 Å². The van der Waals surface area contributed by atoms with E-state index in [0.717, 1.165) is 0 Å². The second-order valence-electron chi connectivity index (χ2n) is 2.10. The van der Waals surface area contributed by atoms with E-state index in [0.29, 0.717) is 12.1 Å². The summed E-state index contributed by atoms with van der Waals surface area (Å²) in [4.78, 5) is 10.5. The summed E-state index contributed by atoms with van der Waals surface area (Å²) in [7, 11) is 0. The molecule has 1 aromatic rings. The van der Waals surface area contributed by atoms with Crippen molar-refractivity contribution in [2.24, 2.45) is 0 Å². The molecule has 0 radical (unpaired) electrons. The lowest BCUT2D eigenvalue weighted by Crippen LogP contribution is -1.95. The smallest absolute Gasteiger partial charge is 0.222 e. The summed E-state index contributed by atoms with van der Waals surface area (Å²) < 4.78 is 4.54. The first-order valence-electron chi connectivity index (χ1n) is 2.89. The van der Waals surface area contributed by atoms with Crippen molar-refractivity contribution < 1.29 is 9.32 Å². The van der Waals surface area contributed by atoms with Crippen LogP contribution < -0.4 is 5.73 Å². The number of anilines is 1. The maximum Gasteiger partial charge on any atom is 0.222 e. The Morgan fingerprint density at radius 2 is 2.60 bits per heavy atom. The van der Waals surface area contributed by atoms with Crippen LogP contribution in [0.3, 0.4) is 0 Å². The van der Waals surface area contributed by atoms with Crippen molar-refractivity contribution in [1.29, 1.82) is 0 Å². The Labute approximate surface area is 58.0 Å². The summed E-state index contributed by atoms with van der Waals surface area (Å²) in [6.07, 6.45) is 0.292. The number of hydrogen-bond acceptors (Lipinski definition) is 4. The van der Waals surface area contributed by atoms with E-state index >= 15 is 0 Å². The molecule has 1 aromatic heterocycles. The lowest BCUT2D eigenvalue weighted by Gasteiger charge is -1.83. The molecule has 0 saturated carbocycles. The first kappa shape index (κ1) is 6.80. The predicted molar refractivity (Wildman–Crippen MR) is 35.3 cm³/mol. The number of rotatable bonds is 2. The SMILES string of the molecule is CC(=O)Cc1cc(N)on1. The minimum absolute atomic E-state index is 0.0494. The van der Waals surface area contributed by atoms with Gasteiger partial charge in [0.25, 0.3) is 0 Å². The van der Waals surface area contributed by atoms with E-state index in [2.05, 4.69) is 9.68 Å². The number of nitrogens with zero attached hydrogens (tertiary/aromatic N) is 1. The summed E-state index contributed by atoms with van der Waals surface area (Å²) in [6.45, 7) is 1.49. The molecule has 2 N–H and O–H groups in total. The number of aromatic nitrogens is 1. The average Bonchev–Trinajstić information content (AvgIpc) is 2.13. The number of nitrogen functional groups attached to an aromatic ring is 1. The van der Waals surface area contributed by atoms with Crippen molar-refractivity contribution in [3.05, 3.63) is 11.8 Å². The first-order chi connectivity index (χ1) is 4.68. The number of nitrogens with two attached hydrogens (primary N) is 1. The monoisotopic (exact) mass is 140 g/mol. The zero-order chi connectivity index (χ0) is 7.56. The largest absolute Gasteiger partial charge is 0.368 e. The van der Waals surface area contributed by atoms with Gasteiger partial charge in [0.2, 0.25) is 5.88 Å². The van der Waals surface area contributed by atoms with Crippen molar-refractivity contribution >= 4 is 11.7 Å². The number of Topliss-reactive ketones (excluding diaryl/α,β-unsaturated/α-hetero) is 1. The van der Waals surface area contributed by atoms with Crippen molar-refractivity contribution in [3.8, 4) is 0 Å². The predicted octanol–water partition coefficient (Wildman–Crippen LogP) is 0.388.